The lowest BCUT2D eigenvalue weighted by molar-refractivity contribution is -0.384. The van der Waals surface area contributed by atoms with E-state index in [1.165, 1.54) is 31.3 Å². The molecule has 1 N–H and O–H groups in total. The number of nitrogens with zero attached hydrogens (tertiary/aromatic N) is 2. The largest absolute Gasteiger partial charge is 0.377 e. The van der Waals surface area contributed by atoms with E-state index in [0.29, 0.717) is 16.8 Å². The van der Waals surface area contributed by atoms with Gasteiger partial charge in [0.15, 0.2) is 0 Å². The van der Waals surface area contributed by atoms with Gasteiger partial charge in [-0.25, -0.2) is 12.7 Å². The fourth-order valence-electron chi connectivity index (χ4n) is 4.99. The molecule has 5 aromatic carbocycles. The van der Waals surface area contributed by atoms with E-state index in [0.717, 1.165) is 29.6 Å². The third kappa shape index (κ3) is 6.54. The smallest absolute Gasteiger partial charge is 0.269 e. The Morgan fingerprint density at radius 2 is 1.45 bits per heavy atom. The molecular formula is C33H27Br2N3O5S. The van der Waals surface area contributed by atoms with Gasteiger partial charge in [0.05, 0.1) is 21.8 Å². The average Bonchev–Trinajstić information content (AvgIpc) is 3.02. The zero-order valence-electron chi connectivity index (χ0n) is 23.6. The van der Waals surface area contributed by atoms with Crippen LogP contribution < -0.4 is 5.32 Å². The van der Waals surface area contributed by atoms with Gasteiger partial charge in [-0.1, -0.05) is 72.3 Å². The molecule has 0 saturated heterocycles. The van der Waals surface area contributed by atoms with Crippen molar-refractivity contribution < 1.29 is 18.1 Å². The molecule has 0 aliphatic carbocycles. The van der Waals surface area contributed by atoms with Crippen molar-refractivity contribution in [2.24, 2.45) is 0 Å². The van der Waals surface area contributed by atoms with Crippen LogP contribution in [0, 0.1) is 17.0 Å². The summed E-state index contributed by atoms with van der Waals surface area (Å²) in [5.41, 5.74) is 2.56. The Morgan fingerprint density at radius 3 is 2.09 bits per heavy atom. The van der Waals surface area contributed by atoms with Gasteiger partial charge in [-0.15, -0.1) is 0 Å². The van der Waals surface area contributed by atoms with Crippen LogP contribution >= 0.6 is 31.9 Å². The molecule has 1 amide bonds. The molecule has 224 valence electrons. The van der Waals surface area contributed by atoms with Crippen molar-refractivity contribution >= 4 is 69.9 Å². The number of halogens is 2. The molecule has 5 rings (SSSR count). The van der Waals surface area contributed by atoms with Gasteiger partial charge in [0, 0.05) is 33.8 Å². The summed E-state index contributed by atoms with van der Waals surface area (Å²) < 4.78 is 29.9. The highest BCUT2D eigenvalue weighted by atomic mass is 79.9. The van der Waals surface area contributed by atoms with Gasteiger partial charge >= 0.3 is 0 Å². The zero-order chi connectivity index (χ0) is 31.6. The molecule has 44 heavy (non-hydrogen) atoms. The molecule has 0 bridgehead atoms. The Bertz CT molecular complexity index is 1970. The minimum atomic E-state index is -4.22. The molecule has 0 saturated carbocycles. The van der Waals surface area contributed by atoms with Gasteiger partial charge < -0.3 is 5.32 Å². The maximum Gasteiger partial charge on any atom is 0.269 e. The van der Waals surface area contributed by atoms with Crippen LogP contribution in [0.5, 0.6) is 0 Å². The minimum absolute atomic E-state index is 0.00658. The third-order valence-electron chi connectivity index (χ3n) is 7.43. The summed E-state index contributed by atoms with van der Waals surface area (Å²) in [6.45, 7) is 1.85. The number of nitrogens with one attached hydrogen (secondary N) is 1. The number of nitro groups is 1. The lowest BCUT2D eigenvalue weighted by atomic mass is 9.85. The van der Waals surface area contributed by atoms with Crippen LogP contribution in [0.2, 0.25) is 0 Å². The molecule has 0 aliphatic rings. The highest BCUT2D eigenvalue weighted by molar-refractivity contribution is 9.13. The van der Waals surface area contributed by atoms with Crippen molar-refractivity contribution in [3.8, 4) is 0 Å². The Hall–Kier alpha value is -4.06. The van der Waals surface area contributed by atoms with E-state index in [1.807, 2.05) is 67.6 Å². The summed E-state index contributed by atoms with van der Waals surface area (Å²) in [5, 5.41) is 16.7. The molecule has 0 spiro atoms. The first-order valence-corrected chi connectivity index (χ1v) is 16.5. The zero-order valence-corrected chi connectivity index (χ0v) is 27.6. The molecule has 0 aliphatic heterocycles. The Labute approximate surface area is 272 Å². The Morgan fingerprint density at radius 1 is 0.818 bits per heavy atom. The first kappa shape index (κ1) is 31.4. The number of non-ortho nitro benzene ring substituents is 1. The standard InChI is InChI=1S/C33H27Br2N3O5S/c1-21-7-16-28(17-8-21)44(42,43)37(2)33(39)31(25-10-9-22-5-3-4-6-24(22)19-25)32(23-11-14-27(15-12-23)38(40)41)36-26-13-18-29(34)30(35)20-26/h3-20,31-32,36H,1-2H3/t31-,32-/m1/s1. The number of sulfonamides is 1. The van der Waals surface area contributed by atoms with Crippen LogP contribution in [0.15, 0.2) is 123 Å². The fraction of sp³-hybridized carbons (Fsp3) is 0.121. The average molecular weight is 737 g/mol. The van der Waals surface area contributed by atoms with Crippen molar-refractivity contribution in [1.82, 2.24) is 4.31 Å². The molecule has 0 unspecified atom stereocenters. The number of carbonyl (C=O) groups excluding carboxylic acids is 1. The molecule has 2 atom stereocenters. The topological polar surface area (TPSA) is 110 Å². The number of anilines is 1. The van der Waals surface area contributed by atoms with Gasteiger partial charge in [0.1, 0.15) is 0 Å². The predicted molar refractivity (Wildman–Crippen MR) is 179 cm³/mol. The second-order valence-electron chi connectivity index (χ2n) is 10.3. The Kier molecular flexibility index (Phi) is 9.19. The number of amides is 1. The molecule has 8 nitrogen and oxygen atoms in total. The summed E-state index contributed by atoms with van der Waals surface area (Å²) in [5.74, 6) is -1.73. The minimum Gasteiger partial charge on any atom is -0.377 e. The first-order chi connectivity index (χ1) is 21.0. The summed E-state index contributed by atoms with van der Waals surface area (Å²) in [4.78, 5) is 25.5. The molecule has 0 heterocycles. The molecular weight excluding hydrogens is 710 g/mol. The Balaban J connectivity index is 1.69. The molecule has 0 radical (unpaired) electrons. The second kappa shape index (κ2) is 12.9. The summed E-state index contributed by atoms with van der Waals surface area (Å²) in [7, 11) is -2.96. The number of rotatable bonds is 9. The lowest BCUT2D eigenvalue weighted by Crippen LogP contribution is -2.40. The SMILES string of the molecule is Cc1ccc(S(=O)(=O)N(C)C(=O)[C@H](c2ccc3ccccc3c2)[C@H](Nc2ccc(Br)c(Br)c2)c2ccc([N+](=O)[O-])cc2)cc1. The van der Waals surface area contributed by atoms with Crippen LogP contribution in [0.4, 0.5) is 11.4 Å². The fourth-order valence-corrected chi connectivity index (χ4v) is 6.76. The van der Waals surface area contributed by atoms with Gasteiger partial charge in [-0.3, -0.25) is 14.9 Å². The van der Waals surface area contributed by atoms with Crippen LogP contribution in [-0.4, -0.2) is 30.6 Å². The molecule has 11 heteroatoms. The van der Waals surface area contributed by atoms with Crippen LogP contribution in [0.3, 0.4) is 0 Å². The molecule has 0 aromatic heterocycles. The number of carbonyl (C=O) groups is 1. The van der Waals surface area contributed by atoms with Crippen LogP contribution in [-0.2, 0) is 14.8 Å². The first-order valence-electron chi connectivity index (χ1n) is 13.5. The second-order valence-corrected chi connectivity index (χ2v) is 14.0. The van der Waals surface area contributed by atoms with E-state index in [4.69, 9.17) is 0 Å². The number of likely N-dealkylation sites (N-methyl/N-ethyl adjacent to an activating group) is 1. The monoisotopic (exact) mass is 735 g/mol. The van der Waals surface area contributed by atoms with E-state index in [1.54, 1.807) is 24.3 Å². The van der Waals surface area contributed by atoms with Crippen molar-refractivity contribution in [2.75, 3.05) is 12.4 Å². The van der Waals surface area contributed by atoms with E-state index < -0.39 is 32.8 Å². The third-order valence-corrected chi connectivity index (χ3v) is 11.1. The summed E-state index contributed by atoms with van der Waals surface area (Å²) in [6, 6.07) is 30.1. The quantitative estimate of drug-likeness (QED) is 0.120. The van der Waals surface area contributed by atoms with Crippen molar-refractivity contribution in [3.05, 3.63) is 145 Å². The number of fused-ring (bicyclic) bond motifs is 1. The van der Waals surface area contributed by atoms with E-state index in [2.05, 4.69) is 37.2 Å². The van der Waals surface area contributed by atoms with Crippen LogP contribution in [0.1, 0.15) is 28.7 Å². The highest BCUT2D eigenvalue weighted by Gasteiger charge is 2.38. The van der Waals surface area contributed by atoms with Gasteiger partial charge in [-0.05, 0) is 91.0 Å². The van der Waals surface area contributed by atoms with E-state index in [9.17, 15) is 23.3 Å². The maximum atomic E-state index is 14.5. The number of nitro benzene ring substituents is 1. The summed E-state index contributed by atoms with van der Waals surface area (Å²) >= 11 is 7.00. The normalized spacial score (nSPS) is 12.8. The van der Waals surface area contributed by atoms with Gasteiger partial charge in [0.25, 0.3) is 15.7 Å². The van der Waals surface area contributed by atoms with E-state index in [-0.39, 0.29) is 10.6 Å². The van der Waals surface area contributed by atoms with E-state index >= 15 is 0 Å². The highest BCUT2D eigenvalue weighted by Crippen LogP contribution is 2.39. The summed E-state index contributed by atoms with van der Waals surface area (Å²) in [6.07, 6.45) is 0. The van der Waals surface area contributed by atoms with Crippen molar-refractivity contribution in [1.29, 1.82) is 0 Å². The van der Waals surface area contributed by atoms with Gasteiger partial charge in [0.2, 0.25) is 5.91 Å². The van der Waals surface area contributed by atoms with Crippen LogP contribution in [0.25, 0.3) is 10.8 Å². The number of aryl methyl sites for hydroxylation is 1. The predicted octanol–water partition coefficient (Wildman–Crippen LogP) is 8.37. The number of benzene rings is 5. The van der Waals surface area contributed by atoms with Crippen molar-refractivity contribution in [3.63, 3.8) is 0 Å². The molecule has 0 fully saturated rings. The number of hydrogen-bond acceptors (Lipinski definition) is 6. The maximum absolute atomic E-state index is 14.5. The van der Waals surface area contributed by atoms with Gasteiger partial charge in [-0.2, -0.15) is 0 Å². The molecule has 5 aromatic rings. The lowest BCUT2D eigenvalue weighted by Gasteiger charge is -2.32. The number of hydrogen-bond donors (Lipinski definition) is 1. The van der Waals surface area contributed by atoms with Crippen molar-refractivity contribution in [2.45, 2.75) is 23.8 Å².